The zero-order chi connectivity index (χ0) is 21.7. The first-order valence-corrected chi connectivity index (χ1v) is 10.5. The number of amides is 1. The Hall–Kier alpha value is -3.44. The van der Waals surface area contributed by atoms with E-state index < -0.39 is 5.92 Å². The molecule has 0 radical (unpaired) electrons. The van der Waals surface area contributed by atoms with Crippen LogP contribution in [0.2, 0.25) is 5.02 Å². The fraction of sp³-hybridized carbons (Fsp3) is 0.160. The number of ketones is 1. The first-order chi connectivity index (χ1) is 14.9. The van der Waals surface area contributed by atoms with Crippen molar-refractivity contribution in [2.45, 2.75) is 26.2 Å². The van der Waals surface area contributed by atoms with Crippen LogP contribution in [0.25, 0.3) is 16.5 Å². The Kier molecular flexibility index (Phi) is 4.63. The number of carbonyl (C=O) groups is 2. The number of Topliss-reactive ketones (excluding diaryl/α,β-unsaturated/α-hetero) is 1. The second-order valence-electron chi connectivity index (χ2n) is 7.87. The van der Waals surface area contributed by atoms with E-state index in [0.717, 1.165) is 27.6 Å². The number of rotatable bonds is 3. The molecule has 1 unspecified atom stereocenters. The van der Waals surface area contributed by atoms with E-state index in [-0.39, 0.29) is 18.1 Å². The van der Waals surface area contributed by atoms with Crippen LogP contribution >= 0.6 is 11.6 Å². The Balaban J connectivity index is 1.63. The molecule has 6 heteroatoms. The molecule has 1 aliphatic rings. The number of carbonyl (C=O) groups excluding carboxylic acids is 2. The molecule has 0 aliphatic carbocycles. The highest BCUT2D eigenvalue weighted by molar-refractivity contribution is 6.31. The van der Waals surface area contributed by atoms with Crippen molar-refractivity contribution in [3.05, 3.63) is 88.1 Å². The van der Waals surface area contributed by atoms with Gasteiger partial charge in [-0.3, -0.25) is 9.59 Å². The number of nitrogens with zero attached hydrogens (tertiary/aromatic N) is 2. The van der Waals surface area contributed by atoms with Crippen LogP contribution in [0.4, 0.5) is 5.82 Å². The molecular weight excluding hydrogens is 410 g/mol. The SMILES string of the molecule is Cc1nn(-c2cccc(Cl)c2C)c2c1C(C(=O)c1ccc3ccccc3c1)CC(=O)N2. The predicted octanol–water partition coefficient (Wildman–Crippen LogP) is 5.60. The van der Waals surface area contributed by atoms with Crippen molar-refractivity contribution in [3.63, 3.8) is 0 Å². The third-order valence-electron chi connectivity index (χ3n) is 5.92. The minimum atomic E-state index is -0.585. The van der Waals surface area contributed by atoms with E-state index in [1.165, 1.54) is 0 Å². The van der Waals surface area contributed by atoms with E-state index in [9.17, 15) is 9.59 Å². The summed E-state index contributed by atoms with van der Waals surface area (Å²) >= 11 is 6.31. The lowest BCUT2D eigenvalue weighted by atomic mass is 9.85. The molecule has 1 aliphatic heterocycles. The average molecular weight is 430 g/mol. The maximum absolute atomic E-state index is 13.5. The summed E-state index contributed by atoms with van der Waals surface area (Å²) in [4.78, 5) is 26.1. The highest BCUT2D eigenvalue weighted by Gasteiger charge is 2.36. The van der Waals surface area contributed by atoms with Crippen molar-refractivity contribution in [3.8, 4) is 5.69 Å². The van der Waals surface area contributed by atoms with Gasteiger partial charge in [0, 0.05) is 22.6 Å². The number of aryl methyl sites for hydroxylation is 1. The zero-order valence-corrected chi connectivity index (χ0v) is 17.9. The number of aromatic nitrogens is 2. The molecule has 5 rings (SSSR count). The lowest BCUT2D eigenvalue weighted by Crippen LogP contribution is -2.28. The minimum absolute atomic E-state index is 0.0766. The van der Waals surface area contributed by atoms with Gasteiger partial charge in [0.25, 0.3) is 0 Å². The second kappa shape index (κ2) is 7.36. The van der Waals surface area contributed by atoms with Crippen molar-refractivity contribution >= 4 is 39.9 Å². The number of fused-ring (bicyclic) bond motifs is 2. The molecule has 5 nitrogen and oxygen atoms in total. The number of nitrogens with one attached hydrogen (secondary N) is 1. The summed E-state index contributed by atoms with van der Waals surface area (Å²) < 4.78 is 1.68. The second-order valence-corrected chi connectivity index (χ2v) is 8.28. The van der Waals surface area contributed by atoms with Gasteiger partial charge in [0.2, 0.25) is 5.91 Å². The van der Waals surface area contributed by atoms with Gasteiger partial charge in [-0.05, 0) is 48.4 Å². The Morgan fingerprint density at radius 2 is 1.84 bits per heavy atom. The molecule has 0 bridgehead atoms. The van der Waals surface area contributed by atoms with Gasteiger partial charge in [-0.1, -0.05) is 54.1 Å². The van der Waals surface area contributed by atoms with Crippen LogP contribution in [0.5, 0.6) is 0 Å². The maximum Gasteiger partial charge on any atom is 0.226 e. The molecule has 1 atom stereocenters. The zero-order valence-electron chi connectivity index (χ0n) is 17.1. The molecule has 1 N–H and O–H groups in total. The Morgan fingerprint density at radius 1 is 1.06 bits per heavy atom. The van der Waals surface area contributed by atoms with E-state index in [2.05, 4.69) is 10.4 Å². The van der Waals surface area contributed by atoms with Crippen molar-refractivity contribution < 1.29 is 9.59 Å². The van der Waals surface area contributed by atoms with Crippen molar-refractivity contribution in [2.24, 2.45) is 0 Å². The van der Waals surface area contributed by atoms with Crippen LogP contribution in [0.15, 0.2) is 60.7 Å². The summed E-state index contributed by atoms with van der Waals surface area (Å²) in [5, 5.41) is 10.3. The minimum Gasteiger partial charge on any atom is -0.310 e. The summed E-state index contributed by atoms with van der Waals surface area (Å²) in [7, 11) is 0. The Labute approximate surface area is 184 Å². The van der Waals surface area contributed by atoms with E-state index in [0.29, 0.717) is 22.1 Å². The quantitative estimate of drug-likeness (QED) is 0.431. The lowest BCUT2D eigenvalue weighted by Gasteiger charge is -2.23. The van der Waals surface area contributed by atoms with Crippen LogP contribution in [0, 0.1) is 13.8 Å². The third-order valence-corrected chi connectivity index (χ3v) is 6.33. The molecule has 0 saturated heterocycles. The van der Waals surface area contributed by atoms with E-state index >= 15 is 0 Å². The summed E-state index contributed by atoms with van der Waals surface area (Å²) in [6.45, 7) is 3.77. The van der Waals surface area contributed by atoms with E-state index in [1.54, 1.807) is 4.68 Å². The molecule has 4 aromatic rings. The third kappa shape index (κ3) is 3.22. The molecule has 3 aromatic carbocycles. The fourth-order valence-corrected chi connectivity index (χ4v) is 4.48. The Morgan fingerprint density at radius 3 is 2.65 bits per heavy atom. The van der Waals surface area contributed by atoms with Crippen molar-refractivity contribution in [1.29, 1.82) is 0 Å². The monoisotopic (exact) mass is 429 g/mol. The number of hydrogen-bond acceptors (Lipinski definition) is 3. The molecule has 0 spiro atoms. The standard InChI is InChI=1S/C25H20ClN3O2/c1-14-20(26)8-5-9-21(14)29-25-23(15(2)28-29)19(13-22(30)27-25)24(31)18-11-10-16-6-3-4-7-17(16)12-18/h3-12,19H,13H2,1-2H3,(H,27,30). The van der Waals surface area contributed by atoms with E-state index in [1.807, 2.05) is 74.5 Å². The van der Waals surface area contributed by atoms with E-state index in [4.69, 9.17) is 11.6 Å². The number of halogens is 1. The van der Waals surface area contributed by atoms with Crippen LogP contribution in [-0.4, -0.2) is 21.5 Å². The largest absolute Gasteiger partial charge is 0.310 e. The normalized spacial score (nSPS) is 15.6. The lowest BCUT2D eigenvalue weighted by molar-refractivity contribution is -0.116. The topological polar surface area (TPSA) is 64.0 Å². The van der Waals surface area contributed by atoms with Gasteiger partial charge in [0.1, 0.15) is 5.82 Å². The highest BCUT2D eigenvalue weighted by Crippen LogP contribution is 2.39. The summed E-state index contributed by atoms with van der Waals surface area (Å²) in [5.41, 5.74) is 3.70. The fourth-order valence-electron chi connectivity index (χ4n) is 4.31. The summed E-state index contributed by atoms with van der Waals surface area (Å²) in [5.74, 6) is -0.323. The molecular formula is C25H20ClN3O2. The number of benzene rings is 3. The van der Waals surface area contributed by atoms with Crippen LogP contribution < -0.4 is 5.32 Å². The molecule has 2 heterocycles. The first kappa shape index (κ1) is 19.5. The number of anilines is 1. The molecule has 1 aromatic heterocycles. The molecule has 0 fully saturated rings. The maximum atomic E-state index is 13.5. The van der Waals surface area contributed by atoms with Gasteiger partial charge < -0.3 is 5.32 Å². The van der Waals surface area contributed by atoms with Gasteiger partial charge in [-0.2, -0.15) is 5.10 Å². The smallest absolute Gasteiger partial charge is 0.226 e. The first-order valence-electron chi connectivity index (χ1n) is 10.1. The summed E-state index contributed by atoms with van der Waals surface area (Å²) in [6.07, 6.45) is 0.0969. The van der Waals surface area contributed by atoms with Crippen molar-refractivity contribution in [2.75, 3.05) is 5.32 Å². The van der Waals surface area contributed by atoms with Gasteiger partial charge in [0.15, 0.2) is 5.78 Å². The van der Waals surface area contributed by atoms with Crippen LogP contribution in [-0.2, 0) is 4.79 Å². The molecule has 0 saturated carbocycles. The van der Waals surface area contributed by atoms with Crippen LogP contribution in [0.1, 0.15) is 39.5 Å². The Bertz CT molecular complexity index is 1370. The highest BCUT2D eigenvalue weighted by atomic mass is 35.5. The molecule has 154 valence electrons. The molecule has 31 heavy (non-hydrogen) atoms. The predicted molar refractivity (Wildman–Crippen MR) is 122 cm³/mol. The van der Waals surface area contributed by atoms with Gasteiger partial charge in [-0.25, -0.2) is 4.68 Å². The molecule has 1 amide bonds. The van der Waals surface area contributed by atoms with Crippen molar-refractivity contribution in [1.82, 2.24) is 9.78 Å². The van der Waals surface area contributed by atoms with Gasteiger partial charge >= 0.3 is 0 Å². The average Bonchev–Trinajstić information content (AvgIpc) is 3.10. The van der Waals surface area contributed by atoms with Gasteiger partial charge in [0.05, 0.1) is 17.3 Å². The number of hydrogen-bond donors (Lipinski definition) is 1. The van der Waals surface area contributed by atoms with Gasteiger partial charge in [-0.15, -0.1) is 0 Å². The summed E-state index contributed by atoms with van der Waals surface area (Å²) in [6, 6.07) is 19.1. The van der Waals surface area contributed by atoms with Crippen LogP contribution in [0.3, 0.4) is 0 Å².